The second kappa shape index (κ2) is 12.0. The zero-order valence-electron chi connectivity index (χ0n) is 22.2. The number of rotatable bonds is 2. The van der Waals surface area contributed by atoms with Crippen LogP contribution in [0.25, 0.3) is 55.1 Å². The summed E-state index contributed by atoms with van der Waals surface area (Å²) >= 11 is 0. The molecule has 0 aliphatic carbocycles. The van der Waals surface area contributed by atoms with E-state index in [1.54, 1.807) is 6.20 Å². The molecule has 0 saturated heterocycles. The van der Waals surface area contributed by atoms with Crippen LogP contribution in [0.5, 0.6) is 0 Å². The average Bonchev–Trinajstić information content (AvgIpc) is 2.95. The summed E-state index contributed by atoms with van der Waals surface area (Å²) in [6.45, 7) is 4.27. The van der Waals surface area contributed by atoms with Crippen molar-refractivity contribution in [1.29, 1.82) is 0 Å². The number of aromatic nitrogens is 3. The molecule has 5 aromatic carbocycles. The molecule has 1 radical (unpaired) electrons. The fourth-order valence-electron chi connectivity index (χ4n) is 4.82. The van der Waals surface area contributed by atoms with Crippen molar-refractivity contribution in [3.8, 4) is 22.6 Å². The van der Waals surface area contributed by atoms with Crippen LogP contribution in [-0.2, 0) is 20.1 Å². The molecule has 3 nitrogen and oxygen atoms in total. The normalized spacial score (nSPS) is 10.7. The fourth-order valence-corrected chi connectivity index (χ4v) is 4.82. The molecule has 7 rings (SSSR count). The molecule has 0 N–H and O–H groups in total. The van der Waals surface area contributed by atoms with Gasteiger partial charge in [0, 0.05) is 49.5 Å². The van der Waals surface area contributed by atoms with Crippen LogP contribution in [0.2, 0.25) is 0 Å². The zero-order chi connectivity index (χ0) is 27.6. The van der Waals surface area contributed by atoms with E-state index in [9.17, 15) is 8.78 Å². The predicted molar refractivity (Wildman–Crippen MR) is 157 cm³/mol. The summed E-state index contributed by atoms with van der Waals surface area (Å²) in [6, 6.07) is 34.1. The van der Waals surface area contributed by atoms with Crippen molar-refractivity contribution in [3.05, 3.63) is 138 Å². The molecule has 41 heavy (non-hydrogen) atoms. The first kappa shape index (κ1) is 28.2. The molecule has 0 aliphatic rings. The zero-order valence-corrected chi connectivity index (χ0v) is 24.6. The predicted octanol–water partition coefficient (Wildman–Crippen LogP) is 8.84. The summed E-state index contributed by atoms with van der Waals surface area (Å²) in [4.78, 5) is 13.0. The molecule has 0 amide bonds. The van der Waals surface area contributed by atoms with Crippen LogP contribution in [0.3, 0.4) is 0 Å². The van der Waals surface area contributed by atoms with Crippen molar-refractivity contribution in [3.63, 3.8) is 0 Å². The first-order valence-electron chi connectivity index (χ1n) is 12.8. The average molecular weight is 716 g/mol. The minimum atomic E-state index is -0.766. The summed E-state index contributed by atoms with van der Waals surface area (Å²) in [6.07, 6.45) is 3.47. The van der Waals surface area contributed by atoms with E-state index in [0.717, 1.165) is 39.0 Å². The fraction of sp³-hybridized carbons (Fsp3) is 0.0571. The Morgan fingerprint density at radius 3 is 2.24 bits per heavy atom. The number of halogens is 2. The van der Waals surface area contributed by atoms with E-state index in [1.807, 2.05) is 60.8 Å². The largest absolute Gasteiger partial charge is 0.305 e. The van der Waals surface area contributed by atoms with Gasteiger partial charge >= 0.3 is 0 Å². The number of aryl methyl sites for hydroxylation is 2. The topological polar surface area (TPSA) is 38.7 Å². The summed E-state index contributed by atoms with van der Waals surface area (Å²) in [5.41, 5.74) is 5.54. The Morgan fingerprint density at radius 1 is 0.707 bits per heavy atom. The third kappa shape index (κ3) is 6.19. The van der Waals surface area contributed by atoms with Gasteiger partial charge in [-0.3, -0.25) is 9.97 Å². The van der Waals surface area contributed by atoms with E-state index in [0.29, 0.717) is 0 Å². The molecule has 203 valence electrons. The summed E-state index contributed by atoms with van der Waals surface area (Å²) in [5, 5.41) is 5.54. The van der Waals surface area contributed by atoms with Gasteiger partial charge < -0.3 is 4.98 Å². The minimum Gasteiger partial charge on any atom is -0.305 e. The van der Waals surface area contributed by atoms with Crippen molar-refractivity contribution in [2.75, 3.05) is 0 Å². The minimum absolute atomic E-state index is 0. The van der Waals surface area contributed by atoms with Gasteiger partial charge in [-0.05, 0) is 48.5 Å². The van der Waals surface area contributed by atoms with Gasteiger partial charge in [-0.2, -0.15) is 0 Å². The van der Waals surface area contributed by atoms with E-state index >= 15 is 0 Å². The Kier molecular flexibility index (Phi) is 8.25. The Hall–Kier alpha value is -4.38. The maximum absolute atomic E-state index is 13.3. The van der Waals surface area contributed by atoms with Crippen molar-refractivity contribution >= 4 is 32.4 Å². The Morgan fingerprint density at radius 2 is 1.49 bits per heavy atom. The quantitative estimate of drug-likeness (QED) is 0.133. The van der Waals surface area contributed by atoms with Crippen LogP contribution in [0.1, 0.15) is 11.1 Å². The molecular formula is C35H23F2IrN3-2. The molecule has 0 atom stereocenters. The van der Waals surface area contributed by atoms with Crippen LogP contribution >= 0.6 is 0 Å². The molecule has 0 bridgehead atoms. The van der Waals surface area contributed by atoms with Gasteiger partial charge in [0.2, 0.25) is 0 Å². The molecule has 6 heteroatoms. The van der Waals surface area contributed by atoms with Crippen molar-refractivity contribution in [2.24, 2.45) is 0 Å². The maximum Gasteiger partial charge on any atom is 0.0757 e. The van der Waals surface area contributed by atoms with Crippen LogP contribution in [0.15, 0.2) is 103 Å². The summed E-state index contributed by atoms with van der Waals surface area (Å²) < 4.78 is 26.6. The van der Waals surface area contributed by atoms with Gasteiger partial charge in [0.15, 0.2) is 0 Å². The molecule has 2 heterocycles. The Labute approximate surface area is 250 Å². The van der Waals surface area contributed by atoms with E-state index in [2.05, 4.69) is 65.2 Å². The Balaban J connectivity index is 0.000000164. The molecule has 0 aliphatic heterocycles. The summed E-state index contributed by atoms with van der Waals surface area (Å²) in [5.74, 6) is -1.19. The number of hydrogen-bond acceptors (Lipinski definition) is 3. The van der Waals surface area contributed by atoms with Crippen molar-refractivity contribution < 1.29 is 28.9 Å². The molecule has 0 unspecified atom stereocenters. The Bertz CT molecular complexity index is 1990. The second-order valence-corrected chi connectivity index (χ2v) is 9.66. The van der Waals surface area contributed by atoms with Gasteiger partial charge in [0.05, 0.1) is 11.3 Å². The van der Waals surface area contributed by atoms with Crippen molar-refractivity contribution in [2.45, 2.75) is 13.8 Å². The monoisotopic (exact) mass is 716 g/mol. The van der Waals surface area contributed by atoms with E-state index in [-0.39, 0.29) is 31.5 Å². The second-order valence-electron chi connectivity index (χ2n) is 9.66. The van der Waals surface area contributed by atoms with Gasteiger partial charge in [-0.15, -0.1) is 46.8 Å². The molecule has 0 spiro atoms. The summed E-state index contributed by atoms with van der Waals surface area (Å²) in [7, 11) is 0. The molecule has 2 aromatic heterocycles. The first-order chi connectivity index (χ1) is 19.4. The van der Waals surface area contributed by atoms with Crippen LogP contribution in [-0.4, -0.2) is 15.0 Å². The van der Waals surface area contributed by atoms with E-state index < -0.39 is 11.6 Å². The van der Waals surface area contributed by atoms with Gasteiger partial charge in [-0.1, -0.05) is 71.1 Å². The van der Waals surface area contributed by atoms with Crippen LogP contribution in [0, 0.1) is 37.6 Å². The van der Waals surface area contributed by atoms with Crippen LogP contribution in [0.4, 0.5) is 8.78 Å². The molecule has 0 fully saturated rings. The number of nitrogens with zero attached hydrogens (tertiary/aromatic N) is 3. The van der Waals surface area contributed by atoms with E-state index in [4.69, 9.17) is 0 Å². The van der Waals surface area contributed by atoms with Crippen LogP contribution < -0.4 is 0 Å². The number of fused-ring (bicyclic) bond motifs is 3. The number of benzene rings is 5. The molecule has 0 saturated carbocycles. The standard InChI is InChI=1S/C18H9F2N2.C17H14N.Ir/c19-15-6-13(7-16(20)9-15)18-21-10-14-5-11-3-1-2-4-12(11)8-17(14)22-18;1-12-9-13(2)16-7-6-14(11-15(16)10-12)17-5-3-4-8-18-17;/h1-6,8-10H;3-5,7-11H,1-2H3;/q2*-1;. The maximum atomic E-state index is 13.3. The van der Waals surface area contributed by atoms with E-state index in [1.165, 1.54) is 28.0 Å². The number of hydrogen-bond donors (Lipinski definition) is 0. The molecular weight excluding hydrogens is 693 g/mol. The first-order valence-corrected chi connectivity index (χ1v) is 12.8. The third-order valence-electron chi connectivity index (χ3n) is 6.66. The van der Waals surface area contributed by atoms with Gasteiger partial charge in [-0.25, -0.2) is 8.78 Å². The van der Waals surface area contributed by atoms with Crippen molar-refractivity contribution in [1.82, 2.24) is 15.0 Å². The molecule has 7 aromatic rings. The SMILES string of the molecule is Cc1cc(C)c2c[c-]c(-c3ccccn3)cc2c1.Fc1[c-]c(-c2ncc3cc4ccccc4cc3n2)cc(F)c1.[Ir]. The third-order valence-corrected chi connectivity index (χ3v) is 6.66. The number of pyridine rings is 1. The van der Waals surface area contributed by atoms with Gasteiger partial charge in [0.25, 0.3) is 0 Å². The van der Waals surface area contributed by atoms with Gasteiger partial charge in [0.1, 0.15) is 0 Å². The smallest absolute Gasteiger partial charge is 0.0757 e.